The van der Waals surface area contributed by atoms with E-state index in [9.17, 15) is 9.50 Å². The molecule has 27 heavy (non-hydrogen) atoms. The van der Waals surface area contributed by atoms with Crippen molar-refractivity contribution < 1.29 is 19.0 Å². The van der Waals surface area contributed by atoms with Gasteiger partial charge in [-0.1, -0.05) is 31.1 Å². The summed E-state index contributed by atoms with van der Waals surface area (Å²) in [5.74, 6) is 1.72. The van der Waals surface area contributed by atoms with E-state index in [0.29, 0.717) is 23.7 Å². The quantitative estimate of drug-likeness (QED) is 0.554. The lowest BCUT2D eigenvalue weighted by atomic mass is 9.48. The molecule has 3 unspecified atom stereocenters. The van der Waals surface area contributed by atoms with Crippen LogP contribution in [0.3, 0.4) is 0 Å². The van der Waals surface area contributed by atoms with Crippen molar-refractivity contribution in [2.45, 2.75) is 70.7 Å². The number of aliphatic hydroxyl groups is 1. The van der Waals surface area contributed by atoms with Crippen LogP contribution in [0.1, 0.15) is 58.8 Å². The minimum Gasteiger partial charge on any atom is -0.393 e. The SMILES string of the molecule is COC1(OC)CCC2=C(C[C@@H](C)C3C2[C@@H](/C=C/F)C[C@@]2(C)C3CC[C@@H]2O)C1. The molecule has 2 fully saturated rings. The minimum atomic E-state index is -0.496. The van der Waals surface area contributed by atoms with E-state index in [1.165, 1.54) is 5.57 Å². The highest BCUT2D eigenvalue weighted by atomic mass is 19.1. The van der Waals surface area contributed by atoms with Crippen LogP contribution in [-0.4, -0.2) is 31.2 Å². The van der Waals surface area contributed by atoms with Gasteiger partial charge in [0.1, 0.15) is 0 Å². The van der Waals surface area contributed by atoms with Gasteiger partial charge < -0.3 is 14.6 Å². The first kappa shape index (κ1) is 19.6. The van der Waals surface area contributed by atoms with E-state index in [1.54, 1.807) is 25.9 Å². The number of fused-ring (bicyclic) bond motifs is 4. The summed E-state index contributed by atoms with van der Waals surface area (Å²) in [7, 11) is 3.48. The largest absolute Gasteiger partial charge is 0.393 e. The zero-order chi connectivity index (χ0) is 19.4. The van der Waals surface area contributed by atoms with Crippen molar-refractivity contribution in [1.82, 2.24) is 0 Å². The number of hydrogen-bond donors (Lipinski definition) is 1. The van der Waals surface area contributed by atoms with Gasteiger partial charge in [0, 0.05) is 27.1 Å². The molecule has 0 amide bonds. The monoisotopic (exact) mass is 378 g/mol. The third-order valence-corrected chi connectivity index (χ3v) is 8.78. The maximum atomic E-state index is 13.4. The van der Waals surface area contributed by atoms with Crippen molar-refractivity contribution in [3.8, 4) is 0 Å². The number of rotatable bonds is 3. The molecule has 0 aliphatic heterocycles. The van der Waals surface area contributed by atoms with Gasteiger partial charge in [0.15, 0.2) is 5.79 Å². The molecule has 7 atom stereocenters. The second-order valence-electron chi connectivity index (χ2n) is 9.80. The van der Waals surface area contributed by atoms with Gasteiger partial charge in [-0.25, -0.2) is 4.39 Å². The summed E-state index contributed by atoms with van der Waals surface area (Å²) in [4.78, 5) is 0. The number of ether oxygens (including phenoxy) is 2. The molecule has 2 saturated carbocycles. The van der Waals surface area contributed by atoms with Crippen molar-refractivity contribution >= 4 is 0 Å². The summed E-state index contributed by atoms with van der Waals surface area (Å²) in [6.07, 6.45) is 8.93. The molecule has 3 nitrogen and oxygen atoms in total. The molecule has 4 heteroatoms. The van der Waals surface area contributed by atoms with Crippen LogP contribution in [0, 0.1) is 35.0 Å². The van der Waals surface area contributed by atoms with Crippen LogP contribution < -0.4 is 0 Å². The Hall–Kier alpha value is -0.710. The average molecular weight is 379 g/mol. The molecule has 0 aromatic heterocycles. The molecule has 4 aliphatic carbocycles. The molecule has 152 valence electrons. The summed E-state index contributed by atoms with van der Waals surface area (Å²) in [5, 5.41) is 10.7. The maximum absolute atomic E-state index is 13.4. The van der Waals surface area contributed by atoms with Crippen LogP contribution in [-0.2, 0) is 9.47 Å². The second kappa shape index (κ2) is 6.96. The van der Waals surface area contributed by atoms with Crippen molar-refractivity contribution in [3.05, 3.63) is 23.6 Å². The van der Waals surface area contributed by atoms with Crippen LogP contribution in [0.4, 0.5) is 4.39 Å². The van der Waals surface area contributed by atoms with Crippen molar-refractivity contribution in [3.63, 3.8) is 0 Å². The zero-order valence-corrected chi connectivity index (χ0v) is 17.2. The van der Waals surface area contributed by atoms with E-state index in [4.69, 9.17) is 9.47 Å². The molecule has 0 aromatic rings. The molecule has 1 N–H and O–H groups in total. The van der Waals surface area contributed by atoms with E-state index in [-0.39, 0.29) is 17.4 Å². The Balaban J connectivity index is 1.75. The molecule has 0 aromatic carbocycles. The fourth-order valence-corrected chi connectivity index (χ4v) is 7.45. The Kier molecular flexibility index (Phi) is 5.05. The first-order valence-electron chi connectivity index (χ1n) is 10.6. The third-order valence-electron chi connectivity index (χ3n) is 8.78. The van der Waals surface area contributed by atoms with Crippen LogP contribution in [0.5, 0.6) is 0 Å². The highest BCUT2D eigenvalue weighted by Crippen LogP contribution is 2.64. The summed E-state index contributed by atoms with van der Waals surface area (Å²) >= 11 is 0. The van der Waals surface area contributed by atoms with Gasteiger partial charge in [-0.2, -0.15) is 0 Å². The topological polar surface area (TPSA) is 38.7 Å². The Morgan fingerprint density at radius 2 is 1.96 bits per heavy atom. The average Bonchev–Trinajstić information content (AvgIpc) is 2.95. The minimum absolute atomic E-state index is 0.0743. The van der Waals surface area contributed by atoms with Gasteiger partial charge in [-0.3, -0.25) is 0 Å². The van der Waals surface area contributed by atoms with E-state index in [0.717, 1.165) is 51.3 Å². The molecule has 4 aliphatic rings. The van der Waals surface area contributed by atoms with Crippen LogP contribution in [0.15, 0.2) is 23.6 Å². The van der Waals surface area contributed by atoms with Gasteiger partial charge in [-0.15, -0.1) is 0 Å². The van der Waals surface area contributed by atoms with Gasteiger partial charge in [0.2, 0.25) is 0 Å². The first-order chi connectivity index (χ1) is 12.9. The fraction of sp³-hybridized carbons (Fsp3) is 0.826. The highest BCUT2D eigenvalue weighted by molar-refractivity contribution is 5.31. The molecule has 0 spiro atoms. The smallest absolute Gasteiger partial charge is 0.171 e. The number of halogens is 1. The summed E-state index contributed by atoms with van der Waals surface area (Å²) in [5.41, 5.74) is 2.96. The Bertz CT molecular complexity index is 638. The lowest BCUT2D eigenvalue weighted by Crippen LogP contribution is -2.52. The lowest BCUT2D eigenvalue weighted by molar-refractivity contribution is -0.214. The van der Waals surface area contributed by atoms with Gasteiger partial charge >= 0.3 is 0 Å². The third kappa shape index (κ3) is 2.86. The van der Waals surface area contributed by atoms with E-state index < -0.39 is 5.79 Å². The molecule has 4 rings (SSSR count). The van der Waals surface area contributed by atoms with Crippen LogP contribution in [0.25, 0.3) is 0 Å². The van der Waals surface area contributed by atoms with Gasteiger partial charge in [-0.05, 0) is 67.1 Å². The number of allylic oxidation sites excluding steroid dienone is 2. The standard InChI is InChI=1S/C23H35FO3/c1-14-11-16-13-23(26-3,27-4)9-7-17(16)21-15(8-10-24)12-22(2)18(20(14)21)5-6-19(22)25/h8,10,14-15,18-21,25H,5-7,9,11-13H2,1-4H3/b10-8+/t14-,15+,18?,19+,20?,21?,22+/m1/s1. The predicted molar refractivity (Wildman–Crippen MR) is 104 cm³/mol. The highest BCUT2D eigenvalue weighted by Gasteiger charge is 2.59. The van der Waals surface area contributed by atoms with Gasteiger partial charge in [0.05, 0.1) is 12.4 Å². The molecule has 0 heterocycles. The van der Waals surface area contributed by atoms with Crippen molar-refractivity contribution in [1.29, 1.82) is 0 Å². The van der Waals surface area contributed by atoms with E-state index in [1.807, 2.05) is 0 Å². The molecular weight excluding hydrogens is 343 g/mol. The van der Waals surface area contributed by atoms with Crippen LogP contribution in [0.2, 0.25) is 0 Å². The molecular formula is C23H35FO3. The number of aliphatic hydroxyl groups excluding tert-OH is 1. The van der Waals surface area contributed by atoms with Crippen molar-refractivity contribution in [2.75, 3.05) is 14.2 Å². The summed E-state index contributed by atoms with van der Waals surface area (Å²) < 4.78 is 24.9. The Morgan fingerprint density at radius 3 is 2.63 bits per heavy atom. The summed E-state index contributed by atoms with van der Waals surface area (Å²) in [6.45, 7) is 4.62. The second-order valence-corrected chi connectivity index (χ2v) is 9.80. The Labute approximate surface area is 163 Å². The van der Waals surface area contributed by atoms with Gasteiger partial charge in [0.25, 0.3) is 0 Å². The number of methoxy groups -OCH3 is 2. The van der Waals surface area contributed by atoms with E-state index in [2.05, 4.69) is 13.8 Å². The summed E-state index contributed by atoms with van der Waals surface area (Å²) in [6, 6.07) is 0. The van der Waals surface area contributed by atoms with Crippen LogP contribution >= 0.6 is 0 Å². The zero-order valence-electron chi connectivity index (χ0n) is 17.2. The fourth-order valence-electron chi connectivity index (χ4n) is 7.45. The number of hydrogen-bond acceptors (Lipinski definition) is 3. The normalized spacial score (nSPS) is 46.3. The lowest BCUT2D eigenvalue weighted by Gasteiger charge is -2.57. The maximum Gasteiger partial charge on any atom is 0.171 e. The molecule has 0 saturated heterocycles. The van der Waals surface area contributed by atoms with E-state index >= 15 is 0 Å². The molecule has 0 radical (unpaired) electrons. The molecule has 0 bridgehead atoms. The van der Waals surface area contributed by atoms with Crippen molar-refractivity contribution in [2.24, 2.45) is 35.0 Å². The predicted octanol–water partition coefficient (Wildman–Crippen LogP) is 5.01. The Morgan fingerprint density at radius 1 is 1.22 bits per heavy atom. The first-order valence-corrected chi connectivity index (χ1v) is 10.6.